The Kier molecular flexibility index (Phi) is 3.61. The molecule has 4 rings (SSSR count). The number of hydrogen-bond acceptors (Lipinski definition) is 2. The Hall–Kier alpha value is -2.26. The highest BCUT2D eigenvalue weighted by Gasteiger charge is 2.38. The van der Waals surface area contributed by atoms with E-state index in [9.17, 15) is 4.79 Å². The van der Waals surface area contributed by atoms with E-state index in [4.69, 9.17) is 16.7 Å². The molecule has 1 aliphatic heterocycles. The summed E-state index contributed by atoms with van der Waals surface area (Å²) in [5.41, 5.74) is 4.91. The monoisotopic (exact) mass is 339 g/mol. The van der Waals surface area contributed by atoms with Crippen molar-refractivity contribution >= 4 is 23.3 Å². The maximum absolute atomic E-state index is 11.1. The van der Waals surface area contributed by atoms with Gasteiger partial charge >= 0.3 is 5.97 Å². The van der Waals surface area contributed by atoms with Gasteiger partial charge < -0.3 is 10.4 Å². The second kappa shape index (κ2) is 5.67. The molecule has 2 aliphatic rings. The van der Waals surface area contributed by atoms with Gasteiger partial charge in [-0.3, -0.25) is 0 Å². The number of benzene rings is 2. The highest BCUT2D eigenvalue weighted by atomic mass is 35.5. The zero-order chi connectivity index (χ0) is 16.8. The van der Waals surface area contributed by atoms with Gasteiger partial charge in [-0.1, -0.05) is 42.0 Å². The third kappa shape index (κ3) is 2.31. The van der Waals surface area contributed by atoms with Crippen molar-refractivity contribution in [2.24, 2.45) is 5.92 Å². The minimum Gasteiger partial charge on any atom is -0.478 e. The van der Waals surface area contributed by atoms with Crippen molar-refractivity contribution in [1.29, 1.82) is 0 Å². The van der Waals surface area contributed by atoms with Gasteiger partial charge in [0, 0.05) is 16.6 Å². The quantitative estimate of drug-likeness (QED) is 0.742. The summed E-state index contributed by atoms with van der Waals surface area (Å²) < 4.78 is 0. The maximum atomic E-state index is 11.1. The van der Waals surface area contributed by atoms with Gasteiger partial charge in [-0.25, -0.2) is 4.79 Å². The maximum Gasteiger partial charge on any atom is 0.335 e. The first-order chi connectivity index (χ1) is 11.6. The summed E-state index contributed by atoms with van der Waals surface area (Å²) in [6, 6.07) is 11.4. The number of anilines is 1. The Balaban J connectivity index is 1.77. The smallest absolute Gasteiger partial charge is 0.335 e. The number of halogens is 1. The van der Waals surface area contributed by atoms with E-state index in [1.54, 1.807) is 12.1 Å². The van der Waals surface area contributed by atoms with E-state index in [1.165, 1.54) is 5.56 Å². The summed E-state index contributed by atoms with van der Waals surface area (Å²) in [7, 11) is 0. The number of fused-ring (bicyclic) bond motifs is 3. The summed E-state index contributed by atoms with van der Waals surface area (Å²) in [5.74, 6) is -0.0818. The lowest BCUT2D eigenvalue weighted by atomic mass is 9.76. The molecule has 1 aliphatic carbocycles. The molecule has 0 spiro atoms. The summed E-state index contributed by atoms with van der Waals surface area (Å²) in [4.78, 5) is 11.1. The SMILES string of the molecule is Cc1c(Cl)ccc2c1N[C@H](c1ccc(C(=O)O)cc1)[C@@H]1CC=C[C@H]21. The minimum atomic E-state index is -0.897. The van der Waals surface area contributed by atoms with E-state index in [-0.39, 0.29) is 6.04 Å². The van der Waals surface area contributed by atoms with Crippen molar-refractivity contribution < 1.29 is 9.90 Å². The fourth-order valence-corrected chi connectivity index (χ4v) is 4.11. The first-order valence-electron chi connectivity index (χ1n) is 8.11. The number of carbonyl (C=O) groups is 1. The molecule has 3 nitrogen and oxygen atoms in total. The molecule has 0 fully saturated rings. The Morgan fingerprint density at radius 1 is 1.21 bits per heavy atom. The van der Waals surface area contributed by atoms with Crippen molar-refractivity contribution in [2.45, 2.75) is 25.3 Å². The van der Waals surface area contributed by atoms with Crippen molar-refractivity contribution in [3.8, 4) is 0 Å². The molecule has 4 heteroatoms. The molecule has 0 saturated heterocycles. The predicted octanol–water partition coefficient (Wildman–Crippen LogP) is 5.17. The van der Waals surface area contributed by atoms with Crippen molar-refractivity contribution in [2.75, 3.05) is 5.32 Å². The summed E-state index contributed by atoms with van der Waals surface area (Å²) in [6.45, 7) is 2.04. The number of hydrogen-bond donors (Lipinski definition) is 2. The Labute approximate surface area is 146 Å². The van der Waals surface area contributed by atoms with Crippen molar-refractivity contribution in [1.82, 2.24) is 0 Å². The fourth-order valence-electron chi connectivity index (χ4n) is 3.95. The third-order valence-corrected chi connectivity index (χ3v) is 5.66. The predicted molar refractivity (Wildman–Crippen MR) is 95.9 cm³/mol. The molecule has 24 heavy (non-hydrogen) atoms. The minimum absolute atomic E-state index is 0.150. The number of rotatable bonds is 2. The van der Waals surface area contributed by atoms with E-state index in [0.717, 1.165) is 28.3 Å². The van der Waals surface area contributed by atoms with Crippen LogP contribution in [0.4, 0.5) is 5.69 Å². The van der Waals surface area contributed by atoms with Gasteiger partial charge in [-0.2, -0.15) is 0 Å². The molecule has 122 valence electrons. The molecule has 0 aromatic heterocycles. The van der Waals surface area contributed by atoms with Gasteiger partial charge in [0.1, 0.15) is 0 Å². The average Bonchev–Trinajstić information content (AvgIpc) is 3.07. The van der Waals surface area contributed by atoms with E-state index in [0.29, 0.717) is 17.4 Å². The summed E-state index contributed by atoms with van der Waals surface area (Å²) >= 11 is 6.31. The van der Waals surface area contributed by atoms with Crippen LogP contribution in [0.15, 0.2) is 48.6 Å². The molecule has 2 aromatic carbocycles. The highest BCUT2D eigenvalue weighted by molar-refractivity contribution is 6.31. The van der Waals surface area contributed by atoms with Gasteiger partial charge in [0.25, 0.3) is 0 Å². The van der Waals surface area contributed by atoms with Crippen LogP contribution in [0.5, 0.6) is 0 Å². The topological polar surface area (TPSA) is 49.3 Å². The van der Waals surface area contributed by atoms with Crippen LogP contribution in [0.2, 0.25) is 5.02 Å². The molecule has 1 heterocycles. The van der Waals surface area contributed by atoms with Crippen LogP contribution in [0.1, 0.15) is 45.4 Å². The second-order valence-electron chi connectivity index (χ2n) is 6.54. The fraction of sp³-hybridized carbons (Fsp3) is 0.250. The number of allylic oxidation sites excluding steroid dienone is 2. The highest BCUT2D eigenvalue weighted by Crippen LogP contribution is 2.51. The number of carboxylic acid groups (broad SMARTS) is 1. The average molecular weight is 340 g/mol. The normalized spacial score (nSPS) is 24.2. The third-order valence-electron chi connectivity index (χ3n) is 5.25. The van der Waals surface area contributed by atoms with E-state index < -0.39 is 5.97 Å². The van der Waals surface area contributed by atoms with Crippen LogP contribution in [-0.2, 0) is 0 Å². The number of nitrogens with one attached hydrogen (secondary N) is 1. The van der Waals surface area contributed by atoms with E-state index in [1.807, 2.05) is 25.1 Å². The van der Waals surface area contributed by atoms with Gasteiger partial charge in [-0.15, -0.1) is 0 Å². The molecular formula is C20H18ClNO2. The summed E-state index contributed by atoms with van der Waals surface area (Å²) in [6.07, 6.45) is 5.55. The van der Waals surface area contributed by atoms with Crippen LogP contribution in [-0.4, -0.2) is 11.1 Å². The molecule has 3 atom stereocenters. The first-order valence-corrected chi connectivity index (χ1v) is 8.49. The molecule has 0 saturated carbocycles. The molecule has 0 bridgehead atoms. The standard InChI is InChI=1S/C20H18ClNO2/c1-11-17(21)10-9-16-14-3-2-4-15(14)19(22-18(11)16)12-5-7-13(8-6-12)20(23)24/h2-3,5-10,14-15,19,22H,4H2,1H3,(H,23,24)/t14-,15+,19+/m0/s1. The van der Waals surface area contributed by atoms with Gasteiger partial charge in [0.2, 0.25) is 0 Å². The Bertz CT molecular complexity index is 841. The Morgan fingerprint density at radius 2 is 1.96 bits per heavy atom. The lowest BCUT2D eigenvalue weighted by molar-refractivity contribution is 0.0697. The zero-order valence-corrected chi connectivity index (χ0v) is 14.0. The van der Waals surface area contributed by atoms with Crippen molar-refractivity contribution in [3.63, 3.8) is 0 Å². The van der Waals surface area contributed by atoms with Crippen LogP contribution < -0.4 is 5.32 Å². The van der Waals surface area contributed by atoms with Crippen molar-refractivity contribution in [3.05, 3.63) is 75.8 Å². The van der Waals surface area contributed by atoms with Gasteiger partial charge in [-0.05, 0) is 54.2 Å². The van der Waals surface area contributed by atoms with E-state index >= 15 is 0 Å². The molecule has 0 unspecified atom stereocenters. The molecule has 0 radical (unpaired) electrons. The summed E-state index contributed by atoms with van der Waals surface area (Å²) in [5, 5.41) is 13.5. The van der Waals surface area contributed by atoms with Crippen LogP contribution in [0.3, 0.4) is 0 Å². The van der Waals surface area contributed by atoms with Crippen LogP contribution in [0, 0.1) is 12.8 Å². The molecule has 0 amide bonds. The molecule has 2 N–H and O–H groups in total. The largest absolute Gasteiger partial charge is 0.478 e. The zero-order valence-electron chi connectivity index (χ0n) is 13.3. The van der Waals surface area contributed by atoms with Crippen LogP contribution >= 0.6 is 11.6 Å². The Morgan fingerprint density at radius 3 is 2.67 bits per heavy atom. The number of carboxylic acids is 1. The second-order valence-corrected chi connectivity index (χ2v) is 6.95. The van der Waals surface area contributed by atoms with Gasteiger partial charge in [0.15, 0.2) is 0 Å². The van der Waals surface area contributed by atoms with Gasteiger partial charge in [0.05, 0.1) is 11.6 Å². The molecular weight excluding hydrogens is 322 g/mol. The lowest BCUT2D eigenvalue weighted by Gasteiger charge is -2.38. The first kappa shape index (κ1) is 15.3. The lowest BCUT2D eigenvalue weighted by Crippen LogP contribution is -2.29. The number of aromatic carboxylic acids is 1. The van der Waals surface area contributed by atoms with Crippen LogP contribution in [0.25, 0.3) is 0 Å². The van der Waals surface area contributed by atoms with E-state index in [2.05, 4.69) is 23.5 Å². The molecule has 2 aromatic rings.